The van der Waals surface area contributed by atoms with Crippen LogP contribution in [0.2, 0.25) is 0 Å². The first-order valence-corrected chi connectivity index (χ1v) is 11.0. The highest BCUT2D eigenvalue weighted by Crippen LogP contribution is 2.27. The molecule has 0 spiro atoms. The summed E-state index contributed by atoms with van der Waals surface area (Å²) in [7, 11) is 3.17. The molecule has 0 radical (unpaired) electrons. The standard InChI is InChI=1S/C27H30N2O5/c1-18-8-7-9-21(16-18)34-19(2)26(30)29-23-11-6-5-10-22(23)27(31)28-15-14-20-12-13-24(32-3)25(17-20)33-4/h5-13,16-17,19H,14-15H2,1-4H3,(H,28,31)(H,29,30). The van der Waals surface area contributed by atoms with Crippen molar-refractivity contribution in [3.8, 4) is 17.2 Å². The predicted octanol–water partition coefficient (Wildman–Crippen LogP) is 4.39. The van der Waals surface area contributed by atoms with E-state index in [1.165, 1.54) is 0 Å². The lowest BCUT2D eigenvalue weighted by atomic mass is 10.1. The Kier molecular flexibility index (Phi) is 8.51. The number of ether oxygens (including phenoxy) is 3. The Morgan fingerprint density at radius 1 is 0.912 bits per heavy atom. The normalized spacial score (nSPS) is 11.3. The van der Waals surface area contributed by atoms with Gasteiger partial charge in [0.05, 0.1) is 25.5 Å². The third-order valence-corrected chi connectivity index (χ3v) is 5.25. The fourth-order valence-electron chi connectivity index (χ4n) is 3.42. The van der Waals surface area contributed by atoms with Gasteiger partial charge in [0.25, 0.3) is 11.8 Å². The SMILES string of the molecule is COc1ccc(CCNC(=O)c2ccccc2NC(=O)C(C)Oc2cccc(C)c2)cc1OC. The summed E-state index contributed by atoms with van der Waals surface area (Å²) in [6, 6.07) is 20.0. The van der Waals surface area contributed by atoms with E-state index >= 15 is 0 Å². The Morgan fingerprint density at radius 2 is 1.68 bits per heavy atom. The molecule has 0 saturated carbocycles. The van der Waals surface area contributed by atoms with Crippen LogP contribution >= 0.6 is 0 Å². The second-order valence-corrected chi connectivity index (χ2v) is 7.81. The van der Waals surface area contributed by atoms with E-state index in [1.54, 1.807) is 51.5 Å². The number of amides is 2. The number of carbonyl (C=O) groups is 2. The molecule has 3 aromatic carbocycles. The molecule has 7 nitrogen and oxygen atoms in total. The average Bonchev–Trinajstić information content (AvgIpc) is 2.84. The zero-order valence-corrected chi connectivity index (χ0v) is 19.9. The first-order valence-electron chi connectivity index (χ1n) is 11.0. The first-order chi connectivity index (χ1) is 16.4. The maximum absolute atomic E-state index is 12.8. The Bertz CT molecular complexity index is 1150. The summed E-state index contributed by atoms with van der Waals surface area (Å²) < 4.78 is 16.3. The summed E-state index contributed by atoms with van der Waals surface area (Å²) in [4.78, 5) is 25.5. The molecule has 3 aromatic rings. The summed E-state index contributed by atoms with van der Waals surface area (Å²) in [5, 5.41) is 5.72. The van der Waals surface area contributed by atoms with Crippen molar-refractivity contribution in [1.82, 2.24) is 5.32 Å². The molecule has 0 fully saturated rings. The molecule has 2 amide bonds. The largest absolute Gasteiger partial charge is 0.493 e. The highest BCUT2D eigenvalue weighted by Gasteiger charge is 2.18. The second kappa shape index (κ2) is 11.7. The van der Waals surface area contributed by atoms with Gasteiger partial charge in [0.15, 0.2) is 17.6 Å². The van der Waals surface area contributed by atoms with Crippen LogP contribution in [0, 0.1) is 6.92 Å². The van der Waals surface area contributed by atoms with Crippen molar-refractivity contribution >= 4 is 17.5 Å². The molecule has 0 aliphatic heterocycles. The van der Waals surface area contributed by atoms with Gasteiger partial charge in [-0.3, -0.25) is 9.59 Å². The molecule has 1 unspecified atom stereocenters. The van der Waals surface area contributed by atoms with Crippen LogP contribution in [-0.4, -0.2) is 38.7 Å². The first kappa shape index (κ1) is 24.6. The van der Waals surface area contributed by atoms with Crippen molar-refractivity contribution in [2.45, 2.75) is 26.4 Å². The van der Waals surface area contributed by atoms with Crippen LogP contribution in [0.3, 0.4) is 0 Å². The van der Waals surface area contributed by atoms with Crippen LogP contribution in [0.25, 0.3) is 0 Å². The number of benzene rings is 3. The minimum Gasteiger partial charge on any atom is -0.493 e. The molecule has 34 heavy (non-hydrogen) atoms. The summed E-state index contributed by atoms with van der Waals surface area (Å²) in [5.74, 6) is 1.29. The van der Waals surface area contributed by atoms with Crippen LogP contribution in [-0.2, 0) is 11.2 Å². The summed E-state index contributed by atoms with van der Waals surface area (Å²) in [6.45, 7) is 4.05. The number of anilines is 1. The number of nitrogens with one attached hydrogen (secondary N) is 2. The fourth-order valence-corrected chi connectivity index (χ4v) is 3.42. The molecule has 0 heterocycles. The molecule has 0 aliphatic carbocycles. The topological polar surface area (TPSA) is 85.9 Å². The lowest BCUT2D eigenvalue weighted by molar-refractivity contribution is -0.122. The van der Waals surface area contributed by atoms with Gasteiger partial charge in [0, 0.05) is 6.54 Å². The highest BCUT2D eigenvalue weighted by atomic mass is 16.5. The second-order valence-electron chi connectivity index (χ2n) is 7.81. The molecule has 0 saturated heterocycles. The van der Waals surface area contributed by atoms with Gasteiger partial charge in [-0.25, -0.2) is 0 Å². The van der Waals surface area contributed by atoms with E-state index in [2.05, 4.69) is 10.6 Å². The number of para-hydroxylation sites is 1. The third kappa shape index (κ3) is 6.51. The number of aryl methyl sites for hydroxylation is 1. The third-order valence-electron chi connectivity index (χ3n) is 5.25. The molecule has 1 atom stereocenters. The van der Waals surface area contributed by atoms with Gasteiger partial charge >= 0.3 is 0 Å². The van der Waals surface area contributed by atoms with Crippen LogP contribution in [0.5, 0.6) is 17.2 Å². The smallest absolute Gasteiger partial charge is 0.265 e. The van der Waals surface area contributed by atoms with Crippen LogP contribution in [0.15, 0.2) is 66.7 Å². The van der Waals surface area contributed by atoms with Crippen molar-refractivity contribution in [1.29, 1.82) is 0 Å². The Hall–Kier alpha value is -4.00. The van der Waals surface area contributed by atoms with Crippen LogP contribution in [0.4, 0.5) is 5.69 Å². The molecule has 178 valence electrons. The van der Waals surface area contributed by atoms with Crippen LogP contribution < -0.4 is 24.8 Å². The maximum Gasteiger partial charge on any atom is 0.265 e. The van der Waals surface area contributed by atoms with E-state index in [0.717, 1.165) is 11.1 Å². The molecular formula is C27H30N2O5. The van der Waals surface area contributed by atoms with Crippen LogP contribution in [0.1, 0.15) is 28.4 Å². The van der Waals surface area contributed by atoms with Gasteiger partial charge < -0.3 is 24.8 Å². The Morgan fingerprint density at radius 3 is 2.41 bits per heavy atom. The van der Waals surface area contributed by atoms with Gasteiger partial charge in [-0.2, -0.15) is 0 Å². The Labute approximate surface area is 200 Å². The van der Waals surface area contributed by atoms with Crippen molar-refractivity contribution in [2.75, 3.05) is 26.1 Å². The fraction of sp³-hybridized carbons (Fsp3) is 0.259. The highest BCUT2D eigenvalue weighted by molar-refractivity contribution is 6.04. The van der Waals surface area contributed by atoms with Crippen molar-refractivity contribution in [3.63, 3.8) is 0 Å². The molecule has 7 heteroatoms. The monoisotopic (exact) mass is 462 g/mol. The minimum atomic E-state index is -0.733. The lowest BCUT2D eigenvalue weighted by Crippen LogP contribution is -2.32. The maximum atomic E-state index is 12.8. The quantitative estimate of drug-likeness (QED) is 0.467. The van der Waals surface area contributed by atoms with E-state index in [0.29, 0.717) is 41.5 Å². The van der Waals surface area contributed by atoms with Crippen molar-refractivity contribution in [2.24, 2.45) is 0 Å². The molecular weight excluding hydrogens is 432 g/mol. The van der Waals surface area contributed by atoms with Crippen molar-refractivity contribution < 1.29 is 23.8 Å². The Balaban J connectivity index is 1.59. The molecule has 0 aromatic heterocycles. The van der Waals surface area contributed by atoms with E-state index in [4.69, 9.17) is 14.2 Å². The van der Waals surface area contributed by atoms with Gasteiger partial charge in [0.2, 0.25) is 0 Å². The molecule has 0 aliphatic rings. The number of methoxy groups -OCH3 is 2. The van der Waals surface area contributed by atoms with Gasteiger partial charge in [0.1, 0.15) is 5.75 Å². The van der Waals surface area contributed by atoms with Gasteiger partial charge in [-0.15, -0.1) is 0 Å². The van der Waals surface area contributed by atoms with Gasteiger partial charge in [-0.05, 0) is 67.8 Å². The molecule has 3 rings (SSSR count). The van der Waals surface area contributed by atoms with E-state index in [9.17, 15) is 9.59 Å². The number of hydrogen-bond acceptors (Lipinski definition) is 5. The van der Waals surface area contributed by atoms with E-state index < -0.39 is 6.10 Å². The number of carbonyl (C=O) groups excluding carboxylic acids is 2. The number of hydrogen-bond donors (Lipinski definition) is 2. The summed E-state index contributed by atoms with van der Waals surface area (Å²) >= 11 is 0. The van der Waals surface area contributed by atoms with E-state index in [1.807, 2.05) is 43.3 Å². The average molecular weight is 463 g/mol. The lowest BCUT2D eigenvalue weighted by Gasteiger charge is -2.17. The van der Waals surface area contributed by atoms with E-state index in [-0.39, 0.29) is 11.8 Å². The zero-order valence-electron chi connectivity index (χ0n) is 19.9. The molecule has 2 N–H and O–H groups in total. The van der Waals surface area contributed by atoms with Crippen molar-refractivity contribution in [3.05, 3.63) is 83.4 Å². The predicted molar refractivity (Wildman–Crippen MR) is 132 cm³/mol. The van der Waals surface area contributed by atoms with Gasteiger partial charge in [-0.1, -0.05) is 30.3 Å². The zero-order chi connectivity index (χ0) is 24.5. The summed E-state index contributed by atoms with van der Waals surface area (Å²) in [6.07, 6.45) is -0.120. The molecule has 0 bridgehead atoms. The minimum absolute atomic E-state index is 0.274. The summed E-state index contributed by atoms with van der Waals surface area (Å²) in [5.41, 5.74) is 2.85. The number of rotatable bonds is 10.